The summed E-state index contributed by atoms with van der Waals surface area (Å²) in [7, 11) is -3.75. The fraction of sp³-hybridized carbons (Fsp3) is 0.143. The van der Waals surface area contributed by atoms with Gasteiger partial charge in [-0.25, -0.2) is 8.42 Å². The second-order valence-corrected chi connectivity index (χ2v) is 8.49. The van der Waals surface area contributed by atoms with E-state index in [1.54, 1.807) is 18.2 Å². The lowest BCUT2D eigenvalue weighted by atomic mass is 10.1. The minimum atomic E-state index is -3.75. The molecule has 2 aromatic carbocycles. The summed E-state index contributed by atoms with van der Waals surface area (Å²) >= 11 is 0. The lowest BCUT2D eigenvalue weighted by Gasteiger charge is -2.10. The van der Waals surface area contributed by atoms with Gasteiger partial charge < -0.3 is 5.73 Å². The molecule has 148 valence electrons. The number of nitriles is 1. The Morgan fingerprint density at radius 2 is 1.83 bits per heavy atom. The van der Waals surface area contributed by atoms with Crippen LogP contribution in [0.15, 0.2) is 71.8 Å². The van der Waals surface area contributed by atoms with Crippen molar-refractivity contribution in [1.29, 1.82) is 5.26 Å². The molecule has 0 aliphatic heterocycles. The molecule has 0 bridgehead atoms. The Balaban J connectivity index is 0.00000240. The van der Waals surface area contributed by atoms with Gasteiger partial charge in [0.05, 0.1) is 22.2 Å². The molecule has 8 heteroatoms. The zero-order valence-corrected chi connectivity index (χ0v) is 17.0. The van der Waals surface area contributed by atoms with E-state index in [2.05, 4.69) is 9.71 Å². The predicted molar refractivity (Wildman–Crippen MR) is 114 cm³/mol. The van der Waals surface area contributed by atoms with E-state index in [1.165, 1.54) is 24.3 Å². The zero-order chi connectivity index (χ0) is 19.7. The Morgan fingerprint density at radius 3 is 2.41 bits per heavy atom. The van der Waals surface area contributed by atoms with E-state index in [9.17, 15) is 8.42 Å². The van der Waals surface area contributed by atoms with Crippen LogP contribution in [-0.4, -0.2) is 19.4 Å². The first-order valence-corrected chi connectivity index (χ1v) is 10.3. The summed E-state index contributed by atoms with van der Waals surface area (Å²) in [5, 5.41) is 8.84. The maximum Gasteiger partial charge on any atom is 0.261 e. The molecule has 0 radical (unpaired) electrons. The minimum Gasteiger partial charge on any atom is -0.327 e. The summed E-state index contributed by atoms with van der Waals surface area (Å²) in [6, 6.07) is 19.0. The second-order valence-electron chi connectivity index (χ2n) is 6.81. The topological polar surface area (TPSA) is 109 Å². The van der Waals surface area contributed by atoms with Crippen molar-refractivity contribution in [3.8, 4) is 17.3 Å². The lowest BCUT2D eigenvalue weighted by Crippen LogP contribution is -2.12. The molecule has 0 unspecified atom stereocenters. The number of anilines is 1. The first-order chi connectivity index (χ1) is 13.5. The van der Waals surface area contributed by atoms with Crippen molar-refractivity contribution < 1.29 is 8.42 Å². The number of nitrogens with one attached hydrogen (secondary N) is 1. The fourth-order valence-corrected chi connectivity index (χ4v) is 4.11. The van der Waals surface area contributed by atoms with Crippen molar-refractivity contribution in [2.24, 2.45) is 5.73 Å². The number of rotatable bonds is 5. The van der Waals surface area contributed by atoms with Gasteiger partial charge in [-0.2, -0.15) is 5.26 Å². The summed E-state index contributed by atoms with van der Waals surface area (Å²) < 4.78 is 27.7. The molecule has 1 aromatic heterocycles. The average Bonchev–Trinajstić information content (AvgIpc) is 3.44. The number of pyridine rings is 1. The normalized spacial score (nSPS) is 17.7. The van der Waals surface area contributed by atoms with E-state index < -0.39 is 10.0 Å². The third kappa shape index (κ3) is 4.57. The maximum atomic E-state index is 12.6. The van der Waals surface area contributed by atoms with Crippen molar-refractivity contribution in [1.82, 2.24) is 4.98 Å². The molecule has 3 N–H and O–H groups in total. The number of aromatic nitrogens is 1. The van der Waals surface area contributed by atoms with Crippen LogP contribution in [0.1, 0.15) is 23.5 Å². The Morgan fingerprint density at radius 1 is 1.10 bits per heavy atom. The van der Waals surface area contributed by atoms with Crippen molar-refractivity contribution >= 4 is 28.1 Å². The predicted octanol–water partition coefficient (Wildman–Crippen LogP) is 3.66. The van der Waals surface area contributed by atoms with E-state index in [-0.39, 0.29) is 23.3 Å². The summed E-state index contributed by atoms with van der Waals surface area (Å²) in [5.74, 6) is 0.395. The molecule has 1 aliphatic carbocycles. The van der Waals surface area contributed by atoms with Gasteiger partial charge in [0.15, 0.2) is 0 Å². The summed E-state index contributed by atoms with van der Waals surface area (Å²) in [6.07, 6.45) is 2.83. The van der Waals surface area contributed by atoms with Gasteiger partial charge in [-0.3, -0.25) is 9.71 Å². The van der Waals surface area contributed by atoms with Gasteiger partial charge in [-0.05, 0) is 54.4 Å². The highest BCUT2D eigenvalue weighted by Gasteiger charge is 2.34. The first-order valence-electron chi connectivity index (χ1n) is 8.81. The fourth-order valence-electron chi connectivity index (χ4n) is 3.06. The van der Waals surface area contributed by atoms with Crippen molar-refractivity contribution in [3.63, 3.8) is 0 Å². The van der Waals surface area contributed by atoms with Gasteiger partial charge in [0, 0.05) is 29.4 Å². The number of benzene rings is 2. The molecule has 1 aliphatic rings. The number of halogens is 1. The van der Waals surface area contributed by atoms with Crippen LogP contribution in [0.5, 0.6) is 0 Å². The summed E-state index contributed by atoms with van der Waals surface area (Å²) in [6.45, 7) is 0. The second kappa shape index (κ2) is 8.21. The molecule has 3 aromatic rings. The van der Waals surface area contributed by atoms with Crippen LogP contribution in [0.25, 0.3) is 11.3 Å². The molecular weight excluding hydrogens is 408 g/mol. The van der Waals surface area contributed by atoms with Crippen molar-refractivity contribution in [2.75, 3.05) is 4.72 Å². The molecule has 1 saturated carbocycles. The molecule has 0 saturated heterocycles. The molecule has 0 spiro atoms. The van der Waals surface area contributed by atoms with Crippen LogP contribution in [0.3, 0.4) is 0 Å². The largest absolute Gasteiger partial charge is 0.327 e. The zero-order valence-electron chi connectivity index (χ0n) is 15.3. The van der Waals surface area contributed by atoms with Crippen LogP contribution < -0.4 is 10.5 Å². The van der Waals surface area contributed by atoms with Gasteiger partial charge in [0.1, 0.15) is 0 Å². The molecule has 4 rings (SSSR count). The molecule has 1 fully saturated rings. The number of nitrogens with two attached hydrogens (primary N) is 1. The highest BCUT2D eigenvalue weighted by Crippen LogP contribution is 2.39. The Hall–Kier alpha value is -2.92. The number of hydrogen-bond donors (Lipinski definition) is 2. The highest BCUT2D eigenvalue weighted by molar-refractivity contribution is 7.92. The number of hydrogen-bond acceptors (Lipinski definition) is 5. The smallest absolute Gasteiger partial charge is 0.261 e. The Labute approximate surface area is 175 Å². The Kier molecular flexibility index (Phi) is 5.89. The van der Waals surface area contributed by atoms with E-state index in [0.717, 1.165) is 23.2 Å². The molecule has 1 heterocycles. The van der Waals surface area contributed by atoms with Crippen LogP contribution in [0, 0.1) is 11.3 Å². The molecular formula is C21H19ClN4O2S. The molecule has 29 heavy (non-hydrogen) atoms. The highest BCUT2D eigenvalue weighted by atomic mass is 35.5. The standard InChI is InChI=1S/C21H18N4O2S.ClH/c22-12-14-4-7-18(8-5-14)28(26,27)25-17-3-1-2-15(10-17)21-9-6-16(13-24-21)19-11-20(19)23;/h1-10,13,19-20,25H,11,23H2;1H/t19-,20+;/m0./s1. The van der Waals surface area contributed by atoms with E-state index in [4.69, 9.17) is 11.0 Å². The molecule has 0 amide bonds. The average molecular weight is 427 g/mol. The number of sulfonamides is 1. The van der Waals surface area contributed by atoms with E-state index in [1.807, 2.05) is 30.5 Å². The quantitative estimate of drug-likeness (QED) is 0.647. The van der Waals surface area contributed by atoms with Gasteiger partial charge in [0.2, 0.25) is 0 Å². The maximum absolute atomic E-state index is 12.6. The monoisotopic (exact) mass is 426 g/mol. The SMILES string of the molecule is Cl.N#Cc1ccc(S(=O)(=O)Nc2cccc(-c3ccc([C@@H]4C[C@H]4N)cn3)c2)cc1. The van der Waals surface area contributed by atoms with Crippen molar-refractivity contribution in [3.05, 3.63) is 78.0 Å². The number of nitrogens with zero attached hydrogens (tertiary/aromatic N) is 2. The third-order valence-corrected chi connectivity index (χ3v) is 6.16. The van der Waals surface area contributed by atoms with Crippen LogP contribution >= 0.6 is 12.4 Å². The van der Waals surface area contributed by atoms with Gasteiger partial charge in [-0.15, -0.1) is 12.4 Å². The molecule has 6 nitrogen and oxygen atoms in total. The lowest BCUT2D eigenvalue weighted by molar-refractivity contribution is 0.601. The van der Waals surface area contributed by atoms with E-state index in [0.29, 0.717) is 17.2 Å². The Bertz CT molecular complexity index is 1160. The first kappa shape index (κ1) is 20.8. The van der Waals surface area contributed by atoms with Crippen LogP contribution in [0.4, 0.5) is 5.69 Å². The summed E-state index contributed by atoms with van der Waals surface area (Å²) in [4.78, 5) is 4.59. The molecule has 2 atom stereocenters. The van der Waals surface area contributed by atoms with Gasteiger partial charge in [0.25, 0.3) is 10.0 Å². The van der Waals surface area contributed by atoms with Crippen LogP contribution in [0.2, 0.25) is 0 Å². The minimum absolute atomic E-state index is 0. The van der Waals surface area contributed by atoms with Crippen molar-refractivity contribution in [2.45, 2.75) is 23.3 Å². The van der Waals surface area contributed by atoms with Gasteiger partial charge >= 0.3 is 0 Å². The van der Waals surface area contributed by atoms with Crippen LogP contribution in [-0.2, 0) is 10.0 Å². The van der Waals surface area contributed by atoms with E-state index >= 15 is 0 Å². The third-order valence-electron chi connectivity index (χ3n) is 4.76. The summed E-state index contributed by atoms with van der Waals surface area (Å²) in [5.41, 5.74) is 9.43. The van der Waals surface area contributed by atoms with Gasteiger partial charge in [-0.1, -0.05) is 18.2 Å².